The Morgan fingerprint density at radius 2 is 1.53 bits per heavy atom. The molecule has 2 aromatic rings. The van der Waals surface area contributed by atoms with Crippen LogP contribution in [0.2, 0.25) is 0 Å². The fraction of sp³-hybridized carbons (Fsp3) is 0.440. The molecule has 1 saturated heterocycles. The summed E-state index contributed by atoms with van der Waals surface area (Å²) in [6, 6.07) is 19.9. The number of benzene rings is 2. The van der Waals surface area contributed by atoms with Crippen LogP contribution in [0, 0.1) is 5.92 Å². The lowest BCUT2D eigenvalue weighted by atomic mass is 9.93. The number of amides is 2. The Balaban J connectivity index is 1.60. The molecule has 1 aliphatic heterocycles. The topological polar surface area (TPSA) is 49.9 Å². The van der Waals surface area contributed by atoms with Gasteiger partial charge in [-0.15, -0.1) is 0 Å². The lowest BCUT2D eigenvalue weighted by Crippen LogP contribution is -2.42. The van der Waals surface area contributed by atoms with Crippen LogP contribution in [0.5, 0.6) is 0 Å². The summed E-state index contributed by atoms with van der Waals surface area (Å²) in [7, 11) is 0. The lowest BCUT2D eigenvalue weighted by molar-refractivity contribution is -0.120. The number of piperidine rings is 1. The largest absolute Gasteiger partial charge is 0.444 e. The monoisotopic (exact) mass is 408 g/mol. The number of nitrogens with zero attached hydrogens (tertiary/aromatic N) is 2. The zero-order chi connectivity index (χ0) is 21.6. The SMILES string of the molecule is CC(C)(C)OC(=O)N1CCC(CC(=O)N(Cc2ccccc2)c2ccccc2)CC1. The number of rotatable bonds is 5. The summed E-state index contributed by atoms with van der Waals surface area (Å²) in [4.78, 5) is 29.1. The van der Waals surface area contributed by atoms with Gasteiger partial charge < -0.3 is 14.5 Å². The van der Waals surface area contributed by atoms with Crippen molar-refractivity contribution >= 4 is 17.7 Å². The van der Waals surface area contributed by atoms with Crippen molar-refractivity contribution in [2.75, 3.05) is 18.0 Å². The van der Waals surface area contributed by atoms with E-state index in [0.29, 0.717) is 26.1 Å². The molecule has 5 heteroatoms. The van der Waals surface area contributed by atoms with Crippen LogP contribution in [-0.4, -0.2) is 35.6 Å². The highest BCUT2D eigenvalue weighted by Gasteiger charge is 2.29. The Kier molecular flexibility index (Phi) is 7.14. The molecule has 0 aromatic heterocycles. The average Bonchev–Trinajstić information content (AvgIpc) is 2.72. The van der Waals surface area contributed by atoms with Crippen LogP contribution in [0.3, 0.4) is 0 Å². The highest BCUT2D eigenvalue weighted by molar-refractivity contribution is 5.93. The van der Waals surface area contributed by atoms with Gasteiger partial charge in [-0.2, -0.15) is 0 Å². The zero-order valence-electron chi connectivity index (χ0n) is 18.2. The van der Waals surface area contributed by atoms with Crippen LogP contribution in [0.15, 0.2) is 60.7 Å². The maximum atomic E-state index is 13.2. The van der Waals surface area contributed by atoms with Crippen LogP contribution in [0.25, 0.3) is 0 Å². The Labute approximate surface area is 179 Å². The normalized spacial score (nSPS) is 15.0. The van der Waals surface area contributed by atoms with Gasteiger partial charge in [0.1, 0.15) is 5.60 Å². The minimum Gasteiger partial charge on any atom is -0.444 e. The fourth-order valence-corrected chi connectivity index (χ4v) is 3.70. The van der Waals surface area contributed by atoms with Gasteiger partial charge in [-0.3, -0.25) is 4.79 Å². The summed E-state index contributed by atoms with van der Waals surface area (Å²) in [5.74, 6) is 0.402. The third-order valence-corrected chi connectivity index (χ3v) is 5.28. The number of likely N-dealkylation sites (tertiary alicyclic amines) is 1. The molecule has 2 amide bonds. The minimum atomic E-state index is -0.489. The van der Waals surface area contributed by atoms with Gasteiger partial charge in [0.2, 0.25) is 5.91 Å². The van der Waals surface area contributed by atoms with Gasteiger partial charge in [0, 0.05) is 25.2 Å². The molecule has 5 nitrogen and oxygen atoms in total. The van der Waals surface area contributed by atoms with Crippen LogP contribution in [0.4, 0.5) is 10.5 Å². The number of para-hydroxylation sites is 1. The summed E-state index contributed by atoms with van der Waals surface area (Å²) in [5.41, 5.74) is 1.53. The van der Waals surface area contributed by atoms with Gasteiger partial charge in [-0.05, 0) is 57.2 Å². The highest BCUT2D eigenvalue weighted by atomic mass is 16.6. The summed E-state index contributed by atoms with van der Waals surface area (Å²) in [5, 5.41) is 0. The first-order chi connectivity index (χ1) is 14.3. The molecular formula is C25H32N2O3. The van der Waals surface area contributed by atoms with Crippen molar-refractivity contribution in [2.24, 2.45) is 5.92 Å². The predicted molar refractivity (Wildman–Crippen MR) is 119 cm³/mol. The molecule has 0 unspecified atom stereocenters. The van der Waals surface area contributed by atoms with E-state index in [1.807, 2.05) is 86.3 Å². The quantitative estimate of drug-likeness (QED) is 0.678. The standard InChI is InChI=1S/C25H32N2O3/c1-25(2,3)30-24(29)26-16-14-20(15-17-26)18-23(28)27(22-12-8-5-9-13-22)19-21-10-6-4-7-11-21/h4-13,20H,14-19H2,1-3H3. The summed E-state index contributed by atoms with van der Waals surface area (Å²) in [6.07, 6.45) is 1.86. The molecule has 1 fully saturated rings. The molecule has 0 saturated carbocycles. The highest BCUT2D eigenvalue weighted by Crippen LogP contribution is 2.25. The van der Waals surface area contributed by atoms with Crippen LogP contribution >= 0.6 is 0 Å². The molecule has 0 spiro atoms. The average molecular weight is 409 g/mol. The number of ether oxygens (including phenoxy) is 1. The molecular weight excluding hydrogens is 376 g/mol. The molecule has 1 heterocycles. The van der Waals surface area contributed by atoms with Crippen molar-refractivity contribution in [1.82, 2.24) is 4.90 Å². The molecule has 0 bridgehead atoms. The number of carbonyl (C=O) groups is 2. The van der Waals surface area contributed by atoms with Crippen molar-refractivity contribution < 1.29 is 14.3 Å². The summed E-state index contributed by atoms with van der Waals surface area (Å²) < 4.78 is 5.47. The maximum Gasteiger partial charge on any atom is 0.410 e. The van der Waals surface area contributed by atoms with Gasteiger partial charge in [0.25, 0.3) is 0 Å². The predicted octanol–water partition coefficient (Wildman–Crippen LogP) is 5.26. The molecule has 30 heavy (non-hydrogen) atoms. The van der Waals surface area contributed by atoms with Crippen molar-refractivity contribution in [3.63, 3.8) is 0 Å². The van der Waals surface area contributed by atoms with E-state index in [2.05, 4.69) is 0 Å². The molecule has 2 aromatic carbocycles. The molecule has 0 N–H and O–H groups in total. The molecule has 0 radical (unpaired) electrons. The van der Waals surface area contributed by atoms with E-state index in [9.17, 15) is 9.59 Å². The van der Waals surface area contributed by atoms with Gasteiger partial charge in [0.15, 0.2) is 0 Å². The van der Waals surface area contributed by atoms with Gasteiger partial charge >= 0.3 is 6.09 Å². The molecule has 0 atom stereocenters. The van der Waals surface area contributed by atoms with E-state index in [1.165, 1.54) is 0 Å². The Bertz CT molecular complexity index is 822. The first-order valence-corrected chi connectivity index (χ1v) is 10.7. The van der Waals surface area contributed by atoms with Crippen LogP contribution < -0.4 is 4.90 Å². The second kappa shape index (κ2) is 9.79. The second-order valence-electron chi connectivity index (χ2n) is 8.92. The molecule has 0 aliphatic carbocycles. The van der Waals surface area contributed by atoms with Gasteiger partial charge in [-0.25, -0.2) is 4.79 Å². The number of hydrogen-bond acceptors (Lipinski definition) is 3. The van der Waals surface area contributed by atoms with E-state index in [-0.39, 0.29) is 17.9 Å². The number of carbonyl (C=O) groups excluding carboxylic acids is 2. The maximum absolute atomic E-state index is 13.2. The molecule has 1 aliphatic rings. The zero-order valence-corrected chi connectivity index (χ0v) is 18.2. The third-order valence-electron chi connectivity index (χ3n) is 5.28. The van der Waals surface area contributed by atoms with E-state index < -0.39 is 5.60 Å². The van der Waals surface area contributed by atoms with E-state index in [0.717, 1.165) is 24.1 Å². The minimum absolute atomic E-state index is 0.126. The Morgan fingerprint density at radius 3 is 2.10 bits per heavy atom. The van der Waals surface area contributed by atoms with Crippen LogP contribution in [0.1, 0.15) is 45.6 Å². The molecule has 3 rings (SSSR count). The van der Waals surface area contributed by atoms with Gasteiger partial charge in [-0.1, -0.05) is 48.5 Å². The van der Waals surface area contributed by atoms with E-state index >= 15 is 0 Å². The number of hydrogen-bond donors (Lipinski definition) is 0. The van der Waals surface area contributed by atoms with E-state index in [4.69, 9.17) is 4.74 Å². The van der Waals surface area contributed by atoms with Crippen molar-refractivity contribution in [3.8, 4) is 0 Å². The fourth-order valence-electron chi connectivity index (χ4n) is 3.70. The summed E-state index contributed by atoms with van der Waals surface area (Å²) >= 11 is 0. The first kappa shape index (κ1) is 21.9. The second-order valence-corrected chi connectivity index (χ2v) is 8.92. The molecule has 160 valence electrons. The van der Waals surface area contributed by atoms with Crippen molar-refractivity contribution in [3.05, 3.63) is 66.2 Å². The van der Waals surface area contributed by atoms with Crippen molar-refractivity contribution in [2.45, 2.75) is 52.2 Å². The summed E-state index contributed by atoms with van der Waals surface area (Å²) in [6.45, 7) is 7.46. The first-order valence-electron chi connectivity index (χ1n) is 10.7. The van der Waals surface area contributed by atoms with Crippen LogP contribution in [-0.2, 0) is 16.1 Å². The van der Waals surface area contributed by atoms with Crippen molar-refractivity contribution in [1.29, 1.82) is 0 Å². The Hall–Kier alpha value is -2.82. The Morgan fingerprint density at radius 1 is 0.967 bits per heavy atom. The number of anilines is 1. The smallest absolute Gasteiger partial charge is 0.410 e. The van der Waals surface area contributed by atoms with Gasteiger partial charge in [0.05, 0.1) is 6.54 Å². The lowest BCUT2D eigenvalue weighted by Gasteiger charge is -2.34. The van der Waals surface area contributed by atoms with E-state index in [1.54, 1.807) is 4.90 Å². The third kappa shape index (κ3) is 6.34.